The predicted octanol–water partition coefficient (Wildman–Crippen LogP) is -3.89. The van der Waals surface area contributed by atoms with Crippen molar-refractivity contribution >= 4 is 12.3 Å². The third-order valence-corrected chi connectivity index (χ3v) is 0. The molecule has 0 bridgehead atoms. The Balaban J connectivity index is -0.0000000720. The van der Waals surface area contributed by atoms with Gasteiger partial charge in [-0.1, -0.05) is 0 Å². The van der Waals surface area contributed by atoms with Crippen LogP contribution in [0.15, 0.2) is 0 Å². The summed E-state index contributed by atoms with van der Waals surface area (Å²) >= 11 is 0. The average molecular weight is 130 g/mol. The number of carboxylic acid groups (broad SMARTS) is 4. The first-order valence-electron chi connectivity index (χ1n) is 1.28. The Hall–Kier alpha value is -0.863. The van der Waals surface area contributed by atoms with Gasteiger partial charge in [-0.3, -0.25) is 0 Å². The van der Waals surface area contributed by atoms with Crippen LogP contribution in [-0.2, 0) is 0 Å². The van der Waals surface area contributed by atoms with Gasteiger partial charge in [-0.2, -0.15) is 0 Å². The molecule has 0 radical (unpaired) electrons. The molecule has 3 N–H and O–H groups in total. The second-order valence-corrected chi connectivity index (χ2v) is 0.548. The van der Waals surface area contributed by atoms with Gasteiger partial charge in [-0.15, -0.1) is 0 Å². The molecule has 0 aliphatic heterocycles. The van der Waals surface area contributed by atoms with Crippen LogP contribution in [-0.4, -0.2) is 27.6 Å². The maximum absolute atomic E-state index is 8.56. The van der Waals surface area contributed by atoms with E-state index in [0.29, 0.717) is 0 Å². The molecule has 0 heterocycles. The first-order chi connectivity index (χ1) is 3.46. The smallest absolute Gasteiger partial charge is 0.565 e. The second-order valence-electron chi connectivity index (χ2n) is 0.548. The Labute approximate surface area is 61.9 Å². The molecule has 9 heavy (non-hydrogen) atoms. The molecule has 0 aliphatic rings. The van der Waals surface area contributed by atoms with E-state index in [4.69, 9.17) is 30.0 Å². The summed E-state index contributed by atoms with van der Waals surface area (Å²) in [7, 11) is 0. The normalized spacial score (nSPS) is 5.33. The van der Waals surface area contributed by atoms with Crippen molar-refractivity contribution in [3.05, 3.63) is 0 Å². The third-order valence-electron chi connectivity index (χ3n) is 0. The third kappa shape index (κ3) is 253. The molecule has 0 atom stereocenters. The van der Waals surface area contributed by atoms with E-state index < -0.39 is 12.3 Å². The van der Waals surface area contributed by atoms with Gasteiger partial charge in [-0.05, 0) is 0 Å². The molecule has 7 heteroatoms. The molecule has 0 rings (SSSR count). The fourth-order valence-electron chi connectivity index (χ4n) is 0. The first kappa shape index (κ1) is 15.7. The second kappa shape index (κ2) is 10.2. The summed E-state index contributed by atoms with van der Waals surface area (Å²) in [6.07, 6.45) is -3.92. The van der Waals surface area contributed by atoms with Crippen LogP contribution in [0.25, 0.3) is 0 Å². The van der Waals surface area contributed by atoms with E-state index in [1.165, 1.54) is 0 Å². The van der Waals surface area contributed by atoms with Gasteiger partial charge in [0.05, 0.1) is 0 Å². The number of hydrogen-bond donors (Lipinski definition) is 3. The van der Waals surface area contributed by atoms with Crippen LogP contribution in [0.5, 0.6) is 0 Å². The molecule has 48 valence electrons. The molecule has 0 spiro atoms. The van der Waals surface area contributed by atoms with E-state index >= 15 is 0 Å². The van der Waals surface area contributed by atoms with E-state index in [2.05, 4.69) is 0 Å². The van der Waals surface area contributed by atoms with Crippen LogP contribution in [0, 0.1) is 0 Å². The molecule has 0 aromatic rings. The van der Waals surface area contributed by atoms with Gasteiger partial charge in [0, 0.05) is 0 Å². The van der Waals surface area contributed by atoms with Crippen molar-refractivity contribution in [2.75, 3.05) is 0 Å². The maximum Gasteiger partial charge on any atom is 1.00 e. The Morgan fingerprint density at radius 2 is 1.11 bits per heavy atom. The Morgan fingerprint density at radius 1 is 1.11 bits per heavy atom. The van der Waals surface area contributed by atoms with Gasteiger partial charge in [0.1, 0.15) is 0 Å². The van der Waals surface area contributed by atoms with Gasteiger partial charge in [-0.25, -0.2) is 4.79 Å². The van der Waals surface area contributed by atoms with Crippen LogP contribution >= 0.6 is 0 Å². The molecule has 0 aromatic heterocycles. The standard InChI is InChI=1S/2CH2O3.Li/c2*2-1(3)4;/h2*(H2,2,3,4);/q;;+1/p-1. The Kier molecular flexibility index (Phi) is 17.8. The Bertz CT molecular complexity index is 69.1. The van der Waals surface area contributed by atoms with Crippen molar-refractivity contribution in [3.8, 4) is 0 Å². The van der Waals surface area contributed by atoms with Gasteiger partial charge in [0.15, 0.2) is 0 Å². The summed E-state index contributed by atoms with van der Waals surface area (Å²) in [5.74, 6) is 0. The summed E-state index contributed by atoms with van der Waals surface area (Å²) in [6.45, 7) is 0. The summed E-state index contributed by atoms with van der Waals surface area (Å²) in [5, 5.41) is 29.2. The first-order valence-corrected chi connectivity index (χ1v) is 1.28. The van der Waals surface area contributed by atoms with E-state index in [9.17, 15) is 0 Å². The zero-order valence-corrected chi connectivity index (χ0v) is 4.57. The molecule has 0 fully saturated rings. The van der Waals surface area contributed by atoms with Crippen LogP contribution in [0.4, 0.5) is 9.59 Å². The van der Waals surface area contributed by atoms with Crippen LogP contribution < -0.4 is 24.0 Å². The summed E-state index contributed by atoms with van der Waals surface area (Å²) in [6, 6.07) is 0. The maximum atomic E-state index is 8.56. The minimum Gasteiger partial charge on any atom is -0.565 e. The quantitative estimate of drug-likeness (QED) is 0.288. The van der Waals surface area contributed by atoms with Crippen molar-refractivity contribution in [3.63, 3.8) is 0 Å². The van der Waals surface area contributed by atoms with E-state index in [1.807, 2.05) is 0 Å². The molecular weight excluding hydrogens is 127 g/mol. The summed E-state index contributed by atoms with van der Waals surface area (Å²) < 4.78 is 0. The summed E-state index contributed by atoms with van der Waals surface area (Å²) in [5.41, 5.74) is 0. The monoisotopic (exact) mass is 130 g/mol. The van der Waals surface area contributed by atoms with Gasteiger partial charge in [0.25, 0.3) is 0 Å². The zero-order valence-electron chi connectivity index (χ0n) is 4.57. The number of hydrogen-bond acceptors (Lipinski definition) is 3. The average Bonchev–Trinajstić information content (AvgIpc) is 1.25. The van der Waals surface area contributed by atoms with Crippen molar-refractivity contribution in [1.82, 2.24) is 0 Å². The van der Waals surface area contributed by atoms with Crippen molar-refractivity contribution < 1.29 is 48.9 Å². The minimum absolute atomic E-state index is 0. The summed E-state index contributed by atoms with van der Waals surface area (Å²) in [4.78, 5) is 17.0. The Morgan fingerprint density at radius 3 is 1.11 bits per heavy atom. The van der Waals surface area contributed by atoms with Gasteiger partial charge < -0.3 is 25.2 Å². The minimum atomic E-state index is -2.08. The van der Waals surface area contributed by atoms with Crippen molar-refractivity contribution in [2.24, 2.45) is 0 Å². The molecule has 0 unspecified atom stereocenters. The molecule has 0 aromatic carbocycles. The molecule has 6 nitrogen and oxygen atoms in total. The number of rotatable bonds is 0. The molecular formula is C2H3LiO6. The SMILES string of the molecule is O=C(O)O.O=C([O-])O.[Li+]. The van der Waals surface area contributed by atoms with E-state index in [1.54, 1.807) is 0 Å². The molecule has 0 aliphatic carbocycles. The predicted molar refractivity (Wildman–Crippen MR) is 18.7 cm³/mol. The topological polar surface area (TPSA) is 118 Å². The molecule has 0 saturated carbocycles. The fourth-order valence-corrected chi connectivity index (χ4v) is 0. The fraction of sp³-hybridized carbons (Fsp3) is 0. The molecule has 0 amide bonds. The van der Waals surface area contributed by atoms with Crippen LogP contribution in [0.2, 0.25) is 0 Å². The zero-order chi connectivity index (χ0) is 7.15. The largest absolute Gasteiger partial charge is 1.00 e. The van der Waals surface area contributed by atoms with Crippen molar-refractivity contribution in [2.45, 2.75) is 0 Å². The van der Waals surface area contributed by atoms with Gasteiger partial charge in [0.2, 0.25) is 6.16 Å². The number of carbonyl (C=O) groups is 2. The van der Waals surface area contributed by atoms with E-state index in [-0.39, 0.29) is 18.9 Å². The molecule has 0 saturated heterocycles. The van der Waals surface area contributed by atoms with Crippen LogP contribution in [0.1, 0.15) is 0 Å². The van der Waals surface area contributed by atoms with Crippen LogP contribution in [0.3, 0.4) is 0 Å². The van der Waals surface area contributed by atoms with Gasteiger partial charge >= 0.3 is 25.0 Å². The van der Waals surface area contributed by atoms with Crippen molar-refractivity contribution in [1.29, 1.82) is 0 Å². The van der Waals surface area contributed by atoms with E-state index in [0.717, 1.165) is 0 Å².